The molecule has 2 saturated heterocycles. The van der Waals surface area contributed by atoms with Crippen molar-refractivity contribution in [2.75, 3.05) is 13.2 Å². The lowest BCUT2D eigenvalue weighted by atomic mass is 10.0. The predicted molar refractivity (Wildman–Crippen MR) is 82.2 cm³/mol. The van der Waals surface area contributed by atoms with Crippen LogP contribution in [0.1, 0.15) is 48.5 Å². The summed E-state index contributed by atoms with van der Waals surface area (Å²) in [6.07, 6.45) is 4.11. The Balaban J connectivity index is 1.62. The predicted octanol–water partition coefficient (Wildman–Crippen LogP) is 2.59. The van der Waals surface area contributed by atoms with Gasteiger partial charge in [0, 0.05) is 16.4 Å². The molecule has 1 N–H and O–H groups in total. The summed E-state index contributed by atoms with van der Waals surface area (Å²) in [5.41, 5.74) is -0.445. The van der Waals surface area contributed by atoms with Crippen LogP contribution in [-0.2, 0) is 9.53 Å². The fourth-order valence-electron chi connectivity index (χ4n) is 3.59. The summed E-state index contributed by atoms with van der Waals surface area (Å²) in [6, 6.07) is 4.28. The largest absolute Gasteiger partial charge is 0.373 e. The maximum absolute atomic E-state index is 12.8. The number of rotatable bonds is 3. The van der Waals surface area contributed by atoms with E-state index in [0.29, 0.717) is 6.54 Å². The zero-order valence-electron chi connectivity index (χ0n) is 12.6. The zero-order chi connectivity index (χ0) is 14.7. The molecule has 1 aromatic rings. The van der Waals surface area contributed by atoms with Gasteiger partial charge in [-0.1, -0.05) is 0 Å². The maximum Gasteiger partial charge on any atom is 0.244 e. The van der Waals surface area contributed by atoms with Crippen LogP contribution >= 0.6 is 11.3 Å². The van der Waals surface area contributed by atoms with E-state index >= 15 is 0 Å². The molecule has 21 heavy (non-hydrogen) atoms. The van der Waals surface area contributed by atoms with Crippen molar-refractivity contribution >= 4 is 17.2 Å². The normalized spacial score (nSPS) is 34.1. The fraction of sp³-hybridized carbons (Fsp3) is 0.688. The third kappa shape index (κ3) is 2.22. The van der Waals surface area contributed by atoms with Gasteiger partial charge in [-0.3, -0.25) is 10.1 Å². The minimum absolute atomic E-state index is 0.0275. The van der Waals surface area contributed by atoms with Crippen LogP contribution in [0.5, 0.6) is 0 Å². The Labute approximate surface area is 129 Å². The number of nitrogens with zero attached hydrogens (tertiary/aromatic N) is 1. The molecular weight excluding hydrogens is 284 g/mol. The van der Waals surface area contributed by atoms with Gasteiger partial charge in [0.15, 0.2) is 0 Å². The number of carbonyl (C=O) groups is 1. The topological polar surface area (TPSA) is 41.6 Å². The van der Waals surface area contributed by atoms with Crippen molar-refractivity contribution < 1.29 is 9.53 Å². The molecule has 1 aliphatic carbocycles. The van der Waals surface area contributed by atoms with Gasteiger partial charge in [-0.05, 0) is 51.7 Å². The number of aryl methyl sites for hydroxylation is 1. The first-order valence-corrected chi connectivity index (χ1v) is 8.62. The molecule has 2 atom stereocenters. The molecule has 3 aliphatic rings. The standard InChI is InChI=1S/C16H22N2O2S/c1-11-4-5-12(21-11)13-17-16(7-8-16)14(19)18(13)10-15(2)6-3-9-20-15/h4-5,13,17H,3,6-10H2,1-2H3. The Kier molecular flexibility index (Phi) is 2.97. The molecule has 0 aromatic carbocycles. The van der Waals surface area contributed by atoms with E-state index in [1.807, 2.05) is 4.90 Å². The molecular formula is C16H22N2O2S. The lowest BCUT2D eigenvalue weighted by Crippen LogP contribution is -2.43. The van der Waals surface area contributed by atoms with Crippen LogP contribution < -0.4 is 5.32 Å². The minimum Gasteiger partial charge on any atom is -0.373 e. The van der Waals surface area contributed by atoms with Gasteiger partial charge >= 0.3 is 0 Å². The lowest BCUT2D eigenvalue weighted by molar-refractivity contribution is -0.134. The number of thiophene rings is 1. The Hall–Kier alpha value is -0.910. The highest BCUT2D eigenvalue weighted by Gasteiger charge is 2.60. The van der Waals surface area contributed by atoms with Gasteiger partial charge in [0.1, 0.15) is 11.7 Å². The number of amides is 1. The third-order valence-corrected chi connectivity index (χ3v) is 6.03. The van der Waals surface area contributed by atoms with Crippen molar-refractivity contribution in [2.45, 2.75) is 56.8 Å². The van der Waals surface area contributed by atoms with E-state index in [1.165, 1.54) is 9.75 Å². The number of hydrogen-bond donors (Lipinski definition) is 1. The quantitative estimate of drug-likeness (QED) is 0.933. The van der Waals surface area contributed by atoms with Gasteiger partial charge in [0.05, 0.1) is 12.1 Å². The Morgan fingerprint density at radius 3 is 2.81 bits per heavy atom. The summed E-state index contributed by atoms with van der Waals surface area (Å²) in [5, 5.41) is 3.59. The van der Waals surface area contributed by atoms with Crippen LogP contribution in [0.3, 0.4) is 0 Å². The number of nitrogens with one attached hydrogen (secondary N) is 1. The molecule has 1 amide bonds. The Bertz CT molecular complexity index is 573. The molecule has 1 saturated carbocycles. The van der Waals surface area contributed by atoms with Crippen LogP contribution in [-0.4, -0.2) is 35.1 Å². The average molecular weight is 306 g/mol. The number of ether oxygens (including phenoxy) is 1. The van der Waals surface area contributed by atoms with Crippen molar-refractivity contribution in [1.29, 1.82) is 0 Å². The van der Waals surface area contributed by atoms with Crippen molar-refractivity contribution in [2.24, 2.45) is 0 Å². The molecule has 0 bridgehead atoms. The molecule has 3 fully saturated rings. The number of hydrogen-bond acceptors (Lipinski definition) is 4. The third-order valence-electron chi connectivity index (χ3n) is 4.98. The van der Waals surface area contributed by atoms with E-state index in [1.54, 1.807) is 11.3 Å². The summed E-state index contributed by atoms with van der Waals surface area (Å²) >= 11 is 1.78. The molecule has 4 nitrogen and oxygen atoms in total. The Morgan fingerprint density at radius 1 is 1.43 bits per heavy atom. The Morgan fingerprint density at radius 2 is 2.24 bits per heavy atom. The van der Waals surface area contributed by atoms with E-state index in [9.17, 15) is 4.79 Å². The molecule has 2 aliphatic heterocycles. The first-order valence-electron chi connectivity index (χ1n) is 7.81. The van der Waals surface area contributed by atoms with Crippen LogP contribution in [0.25, 0.3) is 0 Å². The highest BCUT2D eigenvalue weighted by molar-refractivity contribution is 7.12. The highest BCUT2D eigenvalue weighted by atomic mass is 32.1. The molecule has 0 radical (unpaired) electrons. The van der Waals surface area contributed by atoms with Gasteiger partial charge < -0.3 is 9.64 Å². The summed E-state index contributed by atoms with van der Waals surface area (Å²) in [5.74, 6) is 0.273. The van der Waals surface area contributed by atoms with Crippen molar-refractivity contribution in [3.63, 3.8) is 0 Å². The van der Waals surface area contributed by atoms with E-state index in [-0.39, 0.29) is 23.2 Å². The van der Waals surface area contributed by atoms with Crippen molar-refractivity contribution in [3.05, 3.63) is 21.9 Å². The van der Waals surface area contributed by atoms with Crippen LogP contribution in [0.2, 0.25) is 0 Å². The average Bonchev–Trinajstić information content (AvgIpc) is 2.76. The first kappa shape index (κ1) is 13.7. The lowest BCUT2D eigenvalue weighted by Gasteiger charge is -2.32. The van der Waals surface area contributed by atoms with Crippen molar-refractivity contribution in [3.8, 4) is 0 Å². The van der Waals surface area contributed by atoms with Crippen LogP contribution in [0, 0.1) is 6.92 Å². The SMILES string of the molecule is Cc1ccc(C2NC3(CC3)C(=O)N2CC2(C)CCCO2)s1. The summed E-state index contributed by atoms with van der Waals surface area (Å²) < 4.78 is 5.91. The maximum atomic E-state index is 12.8. The molecule has 3 heterocycles. The van der Waals surface area contributed by atoms with E-state index in [0.717, 1.165) is 32.3 Å². The fourth-order valence-corrected chi connectivity index (χ4v) is 4.53. The molecule has 1 aromatic heterocycles. The molecule has 5 heteroatoms. The summed E-state index contributed by atoms with van der Waals surface area (Å²) in [7, 11) is 0. The van der Waals surface area contributed by atoms with Crippen LogP contribution in [0.4, 0.5) is 0 Å². The minimum atomic E-state index is -0.266. The second-order valence-electron chi connectivity index (χ2n) is 6.91. The number of carbonyl (C=O) groups excluding carboxylic acids is 1. The second-order valence-corrected chi connectivity index (χ2v) is 8.23. The molecule has 114 valence electrons. The molecule has 1 spiro atoms. The highest BCUT2D eigenvalue weighted by Crippen LogP contribution is 2.47. The van der Waals surface area contributed by atoms with E-state index in [4.69, 9.17) is 4.74 Å². The second kappa shape index (κ2) is 4.54. The first-order chi connectivity index (χ1) is 10.0. The van der Waals surface area contributed by atoms with Gasteiger partial charge in [0.25, 0.3) is 0 Å². The monoisotopic (exact) mass is 306 g/mol. The molecule has 4 rings (SSSR count). The summed E-state index contributed by atoms with van der Waals surface area (Å²) in [4.78, 5) is 17.4. The van der Waals surface area contributed by atoms with Gasteiger partial charge in [-0.2, -0.15) is 0 Å². The van der Waals surface area contributed by atoms with E-state index in [2.05, 4.69) is 31.3 Å². The summed E-state index contributed by atoms with van der Waals surface area (Å²) in [6.45, 7) is 5.77. The molecule has 2 unspecified atom stereocenters. The zero-order valence-corrected chi connectivity index (χ0v) is 13.5. The van der Waals surface area contributed by atoms with Crippen molar-refractivity contribution in [1.82, 2.24) is 10.2 Å². The van der Waals surface area contributed by atoms with Gasteiger partial charge in [-0.25, -0.2) is 0 Å². The smallest absolute Gasteiger partial charge is 0.244 e. The van der Waals surface area contributed by atoms with Crippen LogP contribution in [0.15, 0.2) is 12.1 Å². The van der Waals surface area contributed by atoms with E-state index < -0.39 is 0 Å². The van der Waals surface area contributed by atoms with Gasteiger partial charge in [-0.15, -0.1) is 11.3 Å². The van der Waals surface area contributed by atoms with Gasteiger partial charge in [0.2, 0.25) is 5.91 Å².